The molecular weight excluding hydrogens is 318 g/mol. The minimum atomic E-state index is -0.227. The Hall–Kier alpha value is -2.60. The number of hydrogen-bond acceptors (Lipinski definition) is 5. The summed E-state index contributed by atoms with van der Waals surface area (Å²) in [5.74, 6) is 0.138. The quantitative estimate of drug-likeness (QED) is 0.906. The Morgan fingerprint density at radius 2 is 2.08 bits per heavy atom. The van der Waals surface area contributed by atoms with Gasteiger partial charge in [-0.25, -0.2) is 4.98 Å². The van der Waals surface area contributed by atoms with Crippen LogP contribution in [0.15, 0.2) is 36.4 Å². The summed E-state index contributed by atoms with van der Waals surface area (Å²) in [4.78, 5) is 19.2. The lowest BCUT2D eigenvalue weighted by Gasteiger charge is -2.29. The van der Waals surface area contributed by atoms with Gasteiger partial charge in [0.2, 0.25) is 5.88 Å². The van der Waals surface area contributed by atoms with E-state index in [2.05, 4.69) is 15.2 Å². The molecule has 2 heterocycles. The van der Waals surface area contributed by atoms with Crippen LogP contribution in [0, 0.1) is 6.92 Å². The van der Waals surface area contributed by atoms with Crippen molar-refractivity contribution in [1.29, 1.82) is 0 Å². The van der Waals surface area contributed by atoms with Crippen LogP contribution < -0.4 is 15.0 Å². The lowest BCUT2D eigenvalue weighted by molar-refractivity contribution is 0.102. The van der Waals surface area contributed by atoms with Crippen LogP contribution in [0.4, 0.5) is 11.4 Å². The molecule has 1 fully saturated rings. The molecule has 1 N–H and O–H groups in total. The topological polar surface area (TPSA) is 63.7 Å². The zero-order valence-corrected chi connectivity index (χ0v) is 14.6. The van der Waals surface area contributed by atoms with E-state index < -0.39 is 0 Å². The number of ether oxygens (including phenoxy) is 2. The number of hydrogen-bond donors (Lipinski definition) is 1. The van der Waals surface area contributed by atoms with Gasteiger partial charge >= 0.3 is 0 Å². The van der Waals surface area contributed by atoms with Crippen LogP contribution in [0.5, 0.6) is 5.88 Å². The summed E-state index contributed by atoms with van der Waals surface area (Å²) in [6, 6.07) is 11.4. The van der Waals surface area contributed by atoms with Gasteiger partial charge in [-0.1, -0.05) is 6.07 Å². The summed E-state index contributed by atoms with van der Waals surface area (Å²) >= 11 is 0. The van der Waals surface area contributed by atoms with Crippen molar-refractivity contribution in [1.82, 2.24) is 4.98 Å². The molecular formula is C19H23N3O3. The van der Waals surface area contributed by atoms with Crippen molar-refractivity contribution in [3.63, 3.8) is 0 Å². The van der Waals surface area contributed by atoms with E-state index in [0.29, 0.717) is 18.1 Å². The molecule has 1 aromatic heterocycles. The fourth-order valence-electron chi connectivity index (χ4n) is 2.75. The molecule has 1 amide bonds. The molecule has 1 saturated heterocycles. The number of anilines is 2. The predicted molar refractivity (Wildman–Crippen MR) is 97.6 cm³/mol. The Bertz CT molecular complexity index is 742. The highest BCUT2D eigenvalue weighted by Gasteiger charge is 2.16. The second-order valence-electron chi connectivity index (χ2n) is 5.84. The van der Waals surface area contributed by atoms with Gasteiger partial charge in [0.25, 0.3) is 5.91 Å². The third-order valence-electron chi connectivity index (χ3n) is 4.01. The standard InChI is InChI=1S/C19H23N3O3/c1-3-25-19-17(8-7-14(2)20-19)18(23)21-15-5-4-6-16(13-15)22-9-11-24-12-10-22/h4-8,13H,3,9-12H2,1-2H3,(H,21,23). The van der Waals surface area contributed by atoms with E-state index in [1.165, 1.54) is 0 Å². The Morgan fingerprint density at radius 3 is 2.84 bits per heavy atom. The number of rotatable bonds is 5. The van der Waals surface area contributed by atoms with Crippen molar-refractivity contribution in [3.05, 3.63) is 47.7 Å². The molecule has 0 unspecified atom stereocenters. The fraction of sp³-hybridized carbons (Fsp3) is 0.368. The number of aromatic nitrogens is 1. The van der Waals surface area contributed by atoms with Gasteiger partial charge in [-0.2, -0.15) is 0 Å². The van der Waals surface area contributed by atoms with E-state index in [9.17, 15) is 4.79 Å². The molecule has 2 aromatic rings. The van der Waals surface area contributed by atoms with Crippen molar-refractivity contribution in [2.45, 2.75) is 13.8 Å². The summed E-state index contributed by atoms with van der Waals surface area (Å²) in [5, 5.41) is 2.94. The largest absolute Gasteiger partial charge is 0.477 e. The lowest BCUT2D eigenvalue weighted by atomic mass is 10.2. The molecule has 0 radical (unpaired) electrons. The molecule has 0 atom stereocenters. The maximum Gasteiger partial charge on any atom is 0.261 e. The van der Waals surface area contributed by atoms with E-state index in [1.54, 1.807) is 6.07 Å². The van der Waals surface area contributed by atoms with Crippen molar-refractivity contribution in [2.75, 3.05) is 43.1 Å². The number of aryl methyl sites for hydroxylation is 1. The minimum absolute atomic E-state index is 0.227. The monoisotopic (exact) mass is 341 g/mol. The number of pyridine rings is 1. The van der Waals surface area contributed by atoms with Crippen LogP contribution in [0.25, 0.3) is 0 Å². The van der Waals surface area contributed by atoms with Crippen molar-refractivity contribution in [2.24, 2.45) is 0 Å². The van der Waals surface area contributed by atoms with Crippen molar-refractivity contribution < 1.29 is 14.3 Å². The van der Waals surface area contributed by atoms with E-state index in [0.717, 1.165) is 43.4 Å². The molecule has 0 spiro atoms. The first-order valence-corrected chi connectivity index (χ1v) is 8.52. The normalized spacial score (nSPS) is 14.2. The summed E-state index contributed by atoms with van der Waals surface area (Å²) < 4.78 is 10.9. The summed E-state index contributed by atoms with van der Waals surface area (Å²) in [7, 11) is 0. The first-order valence-electron chi connectivity index (χ1n) is 8.52. The highest BCUT2D eigenvalue weighted by molar-refractivity contribution is 6.06. The summed E-state index contributed by atoms with van der Waals surface area (Å²) in [6.45, 7) is 7.37. The van der Waals surface area contributed by atoms with Gasteiger partial charge in [-0.05, 0) is 44.2 Å². The lowest BCUT2D eigenvalue weighted by Crippen LogP contribution is -2.36. The maximum atomic E-state index is 12.6. The zero-order chi connectivity index (χ0) is 17.6. The molecule has 1 aliphatic rings. The third kappa shape index (κ3) is 4.28. The number of benzene rings is 1. The van der Waals surface area contributed by atoms with Gasteiger partial charge in [-0.3, -0.25) is 4.79 Å². The van der Waals surface area contributed by atoms with E-state index in [-0.39, 0.29) is 5.91 Å². The van der Waals surface area contributed by atoms with Crippen LogP contribution in [0.1, 0.15) is 23.0 Å². The molecule has 6 heteroatoms. The molecule has 1 aliphatic heterocycles. The number of carbonyl (C=O) groups excluding carboxylic acids is 1. The number of nitrogens with zero attached hydrogens (tertiary/aromatic N) is 2. The SMILES string of the molecule is CCOc1nc(C)ccc1C(=O)Nc1cccc(N2CCOCC2)c1. The van der Waals surface area contributed by atoms with Crippen LogP contribution >= 0.6 is 0 Å². The van der Waals surface area contributed by atoms with Crippen molar-refractivity contribution in [3.8, 4) is 5.88 Å². The van der Waals surface area contributed by atoms with Gasteiger partial charge in [0.1, 0.15) is 5.56 Å². The Labute approximate surface area is 147 Å². The Morgan fingerprint density at radius 1 is 1.28 bits per heavy atom. The number of amides is 1. The smallest absolute Gasteiger partial charge is 0.261 e. The van der Waals surface area contributed by atoms with Gasteiger partial charge < -0.3 is 19.7 Å². The van der Waals surface area contributed by atoms with Crippen LogP contribution in [0.2, 0.25) is 0 Å². The molecule has 1 aromatic carbocycles. The van der Waals surface area contributed by atoms with Gasteiger partial charge in [0.05, 0.1) is 19.8 Å². The number of nitrogens with one attached hydrogen (secondary N) is 1. The summed E-state index contributed by atoms with van der Waals surface area (Å²) in [6.07, 6.45) is 0. The average molecular weight is 341 g/mol. The van der Waals surface area contributed by atoms with E-state index in [1.807, 2.05) is 44.2 Å². The van der Waals surface area contributed by atoms with E-state index in [4.69, 9.17) is 9.47 Å². The Balaban J connectivity index is 1.77. The maximum absolute atomic E-state index is 12.6. The Kier molecular flexibility index (Phi) is 5.50. The van der Waals surface area contributed by atoms with Gasteiger partial charge in [-0.15, -0.1) is 0 Å². The first kappa shape index (κ1) is 17.2. The number of morpholine rings is 1. The average Bonchev–Trinajstić information content (AvgIpc) is 2.63. The number of carbonyl (C=O) groups is 1. The first-order chi connectivity index (χ1) is 12.2. The molecule has 25 heavy (non-hydrogen) atoms. The molecule has 0 bridgehead atoms. The zero-order valence-electron chi connectivity index (χ0n) is 14.6. The van der Waals surface area contributed by atoms with Gasteiger partial charge in [0, 0.05) is 30.2 Å². The van der Waals surface area contributed by atoms with Crippen LogP contribution in [-0.2, 0) is 4.74 Å². The van der Waals surface area contributed by atoms with Crippen LogP contribution in [0.3, 0.4) is 0 Å². The highest BCUT2D eigenvalue weighted by atomic mass is 16.5. The third-order valence-corrected chi connectivity index (χ3v) is 4.01. The van der Waals surface area contributed by atoms with Crippen molar-refractivity contribution >= 4 is 17.3 Å². The molecule has 3 rings (SSSR count). The predicted octanol–water partition coefficient (Wildman–Crippen LogP) is 2.88. The highest BCUT2D eigenvalue weighted by Crippen LogP contribution is 2.23. The van der Waals surface area contributed by atoms with E-state index >= 15 is 0 Å². The fourth-order valence-corrected chi connectivity index (χ4v) is 2.75. The molecule has 0 aliphatic carbocycles. The second kappa shape index (κ2) is 7.98. The van der Waals surface area contributed by atoms with Gasteiger partial charge in [0.15, 0.2) is 0 Å². The van der Waals surface area contributed by atoms with Crippen LogP contribution in [-0.4, -0.2) is 43.8 Å². The molecule has 0 saturated carbocycles. The molecule has 6 nitrogen and oxygen atoms in total. The summed E-state index contributed by atoms with van der Waals surface area (Å²) in [5.41, 5.74) is 3.07. The molecule has 132 valence electrons. The second-order valence-corrected chi connectivity index (χ2v) is 5.84. The minimum Gasteiger partial charge on any atom is -0.477 e.